The molecular weight excluding hydrogens is 256 g/mol. The Morgan fingerprint density at radius 2 is 2.10 bits per heavy atom. The molecule has 0 aliphatic heterocycles. The van der Waals surface area contributed by atoms with E-state index in [-0.39, 0.29) is 0 Å². The fourth-order valence-electron chi connectivity index (χ4n) is 1.95. The van der Waals surface area contributed by atoms with E-state index >= 15 is 0 Å². The van der Waals surface area contributed by atoms with E-state index in [2.05, 4.69) is 10.5 Å². The monoisotopic (exact) mass is 276 g/mol. The van der Waals surface area contributed by atoms with Gasteiger partial charge < -0.3 is 10.1 Å². The molecule has 0 fully saturated rings. The molecule has 0 unspecified atom stereocenters. The molecule has 0 bridgehead atoms. The number of hydroxylamine groups is 1. The zero-order valence-corrected chi connectivity index (χ0v) is 11.9. The van der Waals surface area contributed by atoms with Crippen molar-refractivity contribution in [2.75, 3.05) is 0 Å². The largest absolute Gasteiger partial charge is 0.480 e. The van der Waals surface area contributed by atoms with Crippen LogP contribution in [0.3, 0.4) is 0 Å². The molecule has 1 atom stereocenters. The van der Waals surface area contributed by atoms with Gasteiger partial charge in [-0.25, -0.2) is 0 Å². The molecular formula is C15H20N2O3. The minimum atomic E-state index is -0.931. The maximum atomic E-state index is 11.3. The molecule has 2 aromatic rings. The van der Waals surface area contributed by atoms with E-state index in [9.17, 15) is 9.90 Å². The van der Waals surface area contributed by atoms with Crippen LogP contribution in [0, 0.1) is 0 Å². The highest BCUT2D eigenvalue weighted by molar-refractivity contribution is 5.84. The number of aromatic amines is 1. The van der Waals surface area contributed by atoms with Crippen LogP contribution >= 0.6 is 0 Å². The molecule has 5 heteroatoms. The van der Waals surface area contributed by atoms with Crippen molar-refractivity contribution in [1.29, 1.82) is 0 Å². The molecule has 3 N–H and O–H groups in total. The van der Waals surface area contributed by atoms with Crippen LogP contribution in [0.15, 0.2) is 30.5 Å². The summed E-state index contributed by atoms with van der Waals surface area (Å²) in [5.41, 5.74) is 4.17. The Morgan fingerprint density at radius 1 is 1.40 bits per heavy atom. The van der Waals surface area contributed by atoms with Crippen LogP contribution in [0.5, 0.6) is 0 Å². The Labute approximate surface area is 117 Å². The summed E-state index contributed by atoms with van der Waals surface area (Å²) in [5, 5.41) is 10.3. The Hall–Kier alpha value is -1.85. The van der Waals surface area contributed by atoms with Crippen LogP contribution in [-0.2, 0) is 16.1 Å². The number of fused-ring (bicyclic) bond motifs is 1. The summed E-state index contributed by atoms with van der Waals surface area (Å²) < 4.78 is 0. The van der Waals surface area contributed by atoms with Gasteiger partial charge in [0, 0.05) is 23.5 Å². The van der Waals surface area contributed by atoms with Crippen LogP contribution in [0.25, 0.3) is 10.9 Å². The molecule has 0 spiro atoms. The smallest absolute Gasteiger partial charge is 0.323 e. The highest BCUT2D eigenvalue weighted by Gasteiger charge is 2.22. The van der Waals surface area contributed by atoms with Gasteiger partial charge in [-0.3, -0.25) is 9.63 Å². The van der Waals surface area contributed by atoms with Gasteiger partial charge in [-0.2, -0.15) is 5.48 Å². The minimum Gasteiger partial charge on any atom is -0.480 e. The van der Waals surface area contributed by atoms with Crippen molar-refractivity contribution in [3.8, 4) is 0 Å². The summed E-state index contributed by atoms with van der Waals surface area (Å²) in [7, 11) is 0. The molecule has 5 nitrogen and oxygen atoms in total. The number of nitrogens with one attached hydrogen (secondary N) is 2. The van der Waals surface area contributed by atoms with Crippen molar-refractivity contribution in [3.63, 3.8) is 0 Å². The number of aliphatic carboxylic acids is 1. The third-order valence-electron chi connectivity index (χ3n) is 2.90. The average Bonchev–Trinajstić information content (AvgIpc) is 2.76. The third-order valence-corrected chi connectivity index (χ3v) is 2.90. The second kappa shape index (κ2) is 5.64. The predicted octanol–water partition coefficient (Wildman–Crippen LogP) is 2.48. The molecule has 0 radical (unpaired) electrons. The number of hydrogen-bond donors (Lipinski definition) is 3. The number of carbonyl (C=O) groups is 1. The lowest BCUT2D eigenvalue weighted by molar-refractivity contribution is -0.150. The molecule has 0 saturated carbocycles. The summed E-state index contributed by atoms with van der Waals surface area (Å²) >= 11 is 0. The Balaban J connectivity index is 2.14. The van der Waals surface area contributed by atoms with Crippen molar-refractivity contribution >= 4 is 16.9 Å². The Bertz CT molecular complexity index is 598. The van der Waals surface area contributed by atoms with Gasteiger partial charge in [0.2, 0.25) is 0 Å². The number of carboxylic acid groups (broad SMARTS) is 1. The first-order valence-electron chi connectivity index (χ1n) is 6.58. The van der Waals surface area contributed by atoms with E-state index in [0.717, 1.165) is 16.5 Å². The highest BCUT2D eigenvalue weighted by Crippen LogP contribution is 2.19. The number of para-hydroxylation sites is 1. The summed E-state index contributed by atoms with van der Waals surface area (Å²) in [6.45, 7) is 5.60. The molecule has 1 heterocycles. The minimum absolute atomic E-state index is 0.357. The van der Waals surface area contributed by atoms with E-state index in [1.165, 1.54) is 0 Å². The van der Waals surface area contributed by atoms with Crippen LogP contribution in [0.4, 0.5) is 0 Å². The number of H-pyrrole nitrogens is 1. The van der Waals surface area contributed by atoms with Crippen molar-refractivity contribution in [1.82, 2.24) is 10.5 Å². The standard InChI is InChI=1S/C15H20N2O3/c1-15(2,3)20-17-13(14(18)19)8-10-9-16-12-7-5-4-6-11(10)12/h4-7,9,13,16-17H,8H2,1-3H3,(H,18,19)/t13-/m0/s1. The maximum Gasteiger partial charge on any atom is 0.323 e. The first-order valence-corrected chi connectivity index (χ1v) is 6.58. The zero-order valence-electron chi connectivity index (χ0n) is 11.9. The molecule has 108 valence electrons. The summed E-state index contributed by atoms with van der Waals surface area (Å²) in [6.07, 6.45) is 2.20. The van der Waals surface area contributed by atoms with Gasteiger partial charge in [-0.1, -0.05) is 18.2 Å². The van der Waals surface area contributed by atoms with Crippen molar-refractivity contribution in [3.05, 3.63) is 36.0 Å². The fourth-order valence-corrected chi connectivity index (χ4v) is 1.95. The van der Waals surface area contributed by atoms with Gasteiger partial charge in [0.05, 0.1) is 5.60 Å². The van der Waals surface area contributed by atoms with E-state index in [0.29, 0.717) is 6.42 Å². The lowest BCUT2D eigenvalue weighted by Crippen LogP contribution is -2.42. The first kappa shape index (κ1) is 14.6. The second-order valence-electron chi connectivity index (χ2n) is 5.79. The quantitative estimate of drug-likeness (QED) is 0.733. The van der Waals surface area contributed by atoms with Crippen LogP contribution in [0.1, 0.15) is 26.3 Å². The van der Waals surface area contributed by atoms with Crippen LogP contribution in [-0.4, -0.2) is 27.7 Å². The zero-order chi connectivity index (χ0) is 14.8. The van der Waals surface area contributed by atoms with Gasteiger partial charge in [0.15, 0.2) is 0 Å². The number of aromatic nitrogens is 1. The van der Waals surface area contributed by atoms with Crippen molar-refractivity contribution in [2.45, 2.75) is 38.8 Å². The normalized spacial score (nSPS) is 13.6. The number of carboxylic acids is 1. The number of benzene rings is 1. The van der Waals surface area contributed by atoms with Gasteiger partial charge in [-0.05, 0) is 32.4 Å². The topological polar surface area (TPSA) is 74.3 Å². The number of hydrogen-bond acceptors (Lipinski definition) is 3. The van der Waals surface area contributed by atoms with Crippen molar-refractivity contribution < 1.29 is 14.7 Å². The molecule has 0 amide bonds. The third kappa shape index (κ3) is 3.59. The Kier molecular flexibility index (Phi) is 4.11. The summed E-state index contributed by atoms with van der Waals surface area (Å²) in [4.78, 5) is 19.8. The van der Waals surface area contributed by atoms with Crippen LogP contribution in [0.2, 0.25) is 0 Å². The van der Waals surface area contributed by atoms with Gasteiger partial charge in [-0.15, -0.1) is 0 Å². The fraction of sp³-hybridized carbons (Fsp3) is 0.400. The van der Waals surface area contributed by atoms with E-state index in [1.807, 2.05) is 51.2 Å². The highest BCUT2D eigenvalue weighted by atomic mass is 16.7. The molecule has 2 rings (SSSR count). The van der Waals surface area contributed by atoms with Crippen molar-refractivity contribution in [2.24, 2.45) is 0 Å². The van der Waals surface area contributed by atoms with Gasteiger partial charge >= 0.3 is 5.97 Å². The van der Waals surface area contributed by atoms with Crippen LogP contribution < -0.4 is 5.48 Å². The molecule has 0 aliphatic carbocycles. The average molecular weight is 276 g/mol. The van der Waals surface area contributed by atoms with Gasteiger partial charge in [0.1, 0.15) is 6.04 Å². The molecule has 1 aromatic carbocycles. The lowest BCUT2D eigenvalue weighted by Gasteiger charge is -2.23. The molecule has 0 aliphatic rings. The maximum absolute atomic E-state index is 11.3. The SMILES string of the molecule is CC(C)(C)ON[C@@H](Cc1c[nH]c2ccccc12)C(=O)O. The van der Waals surface area contributed by atoms with E-state index in [4.69, 9.17) is 4.84 Å². The Morgan fingerprint density at radius 3 is 2.75 bits per heavy atom. The summed E-state index contributed by atoms with van der Waals surface area (Å²) in [6, 6.07) is 7.04. The van der Waals surface area contributed by atoms with E-state index in [1.54, 1.807) is 0 Å². The molecule has 1 aromatic heterocycles. The van der Waals surface area contributed by atoms with Gasteiger partial charge in [0.25, 0.3) is 0 Å². The number of rotatable bonds is 5. The molecule has 20 heavy (non-hydrogen) atoms. The molecule has 0 saturated heterocycles. The second-order valence-corrected chi connectivity index (χ2v) is 5.79. The first-order chi connectivity index (χ1) is 9.37. The van der Waals surface area contributed by atoms with E-state index < -0.39 is 17.6 Å². The predicted molar refractivity (Wildman–Crippen MR) is 77.4 cm³/mol. The lowest BCUT2D eigenvalue weighted by atomic mass is 10.1. The summed E-state index contributed by atoms with van der Waals surface area (Å²) in [5.74, 6) is -0.931.